The molecule has 1 rings (SSSR count). The number of nitrogen functional groups attached to an aromatic ring is 1. The Balaban J connectivity index is 2.99. The van der Waals surface area contributed by atoms with Crippen LogP contribution in [0.25, 0.3) is 0 Å². The highest BCUT2D eigenvalue weighted by molar-refractivity contribution is 6.33. The highest BCUT2D eigenvalue weighted by atomic mass is 35.5. The standard InChI is InChI=1S/C7H8ClFN2/c8-6-3-5(4-9)1-2-7(6)11-10/h1-3,11H,4,10H2. The van der Waals surface area contributed by atoms with Crippen LogP contribution in [0.5, 0.6) is 0 Å². The minimum absolute atomic E-state index is 0.433. The van der Waals surface area contributed by atoms with Crippen molar-refractivity contribution in [2.24, 2.45) is 5.84 Å². The lowest BCUT2D eigenvalue weighted by Gasteiger charge is -2.02. The first kappa shape index (κ1) is 8.30. The molecule has 0 unspecified atom stereocenters. The fourth-order valence-corrected chi connectivity index (χ4v) is 1.02. The van der Waals surface area contributed by atoms with E-state index in [0.29, 0.717) is 16.3 Å². The molecule has 0 aliphatic carbocycles. The van der Waals surface area contributed by atoms with Crippen LogP contribution in [0.15, 0.2) is 18.2 Å². The Labute approximate surface area is 69.1 Å². The van der Waals surface area contributed by atoms with Gasteiger partial charge in [-0.15, -0.1) is 0 Å². The first-order valence-electron chi connectivity index (χ1n) is 3.09. The van der Waals surface area contributed by atoms with Crippen LogP contribution in [-0.4, -0.2) is 0 Å². The third kappa shape index (κ3) is 1.82. The number of benzene rings is 1. The number of alkyl halides is 1. The molecule has 0 heterocycles. The fraction of sp³-hybridized carbons (Fsp3) is 0.143. The number of hydrogen-bond donors (Lipinski definition) is 2. The van der Waals surface area contributed by atoms with Crippen molar-refractivity contribution in [3.05, 3.63) is 28.8 Å². The van der Waals surface area contributed by atoms with E-state index in [4.69, 9.17) is 17.4 Å². The van der Waals surface area contributed by atoms with Gasteiger partial charge in [-0.05, 0) is 17.7 Å². The quantitative estimate of drug-likeness (QED) is 0.532. The highest BCUT2D eigenvalue weighted by Gasteiger charge is 1.98. The van der Waals surface area contributed by atoms with Gasteiger partial charge < -0.3 is 5.43 Å². The second kappa shape index (κ2) is 3.55. The van der Waals surface area contributed by atoms with Crippen molar-refractivity contribution >= 4 is 17.3 Å². The number of anilines is 1. The van der Waals surface area contributed by atoms with E-state index < -0.39 is 6.67 Å². The maximum Gasteiger partial charge on any atom is 0.115 e. The van der Waals surface area contributed by atoms with Crippen molar-refractivity contribution in [2.45, 2.75) is 6.67 Å². The molecule has 0 spiro atoms. The van der Waals surface area contributed by atoms with Crippen molar-refractivity contribution in [2.75, 3.05) is 5.43 Å². The molecule has 0 aliphatic heterocycles. The predicted octanol–water partition coefficient (Wildman–Crippen LogP) is 2.10. The summed E-state index contributed by atoms with van der Waals surface area (Å²) < 4.78 is 12.0. The van der Waals surface area contributed by atoms with Crippen LogP contribution < -0.4 is 11.3 Å². The Morgan fingerprint density at radius 2 is 2.27 bits per heavy atom. The lowest BCUT2D eigenvalue weighted by molar-refractivity contribution is 0.485. The van der Waals surface area contributed by atoms with Gasteiger partial charge in [-0.3, -0.25) is 5.84 Å². The van der Waals surface area contributed by atoms with Crippen LogP contribution in [0, 0.1) is 0 Å². The fourth-order valence-electron chi connectivity index (χ4n) is 0.759. The number of rotatable bonds is 2. The SMILES string of the molecule is NNc1ccc(CF)cc1Cl. The molecule has 0 aromatic heterocycles. The van der Waals surface area contributed by atoms with Gasteiger partial charge >= 0.3 is 0 Å². The number of nitrogens with one attached hydrogen (secondary N) is 1. The van der Waals surface area contributed by atoms with E-state index in [9.17, 15) is 4.39 Å². The molecule has 60 valence electrons. The van der Waals surface area contributed by atoms with Crippen LogP contribution in [0.4, 0.5) is 10.1 Å². The van der Waals surface area contributed by atoms with Gasteiger partial charge in [0.15, 0.2) is 0 Å². The Bertz CT molecular complexity index is 252. The maximum absolute atomic E-state index is 12.0. The molecule has 1 aromatic rings. The van der Waals surface area contributed by atoms with Crippen LogP contribution in [0.1, 0.15) is 5.56 Å². The Morgan fingerprint density at radius 3 is 2.73 bits per heavy atom. The first-order chi connectivity index (χ1) is 5.27. The summed E-state index contributed by atoms with van der Waals surface area (Å²) in [7, 11) is 0. The molecule has 0 radical (unpaired) electrons. The van der Waals surface area contributed by atoms with Crippen LogP contribution in [-0.2, 0) is 6.67 Å². The summed E-state index contributed by atoms with van der Waals surface area (Å²) in [4.78, 5) is 0. The summed E-state index contributed by atoms with van der Waals surface area (Å²) in [6.45, 7) is -0.509. The average molecular weight is 175 g/mol. The van der Waals surface area contributed by atoms with Gasteiger partial charge in [-0.25, -0.2) is 4.39 Å². The summed E-state index contributed by atoms with van der Waals surface area (Å²) in [5.41, 5.74) is 3.54. The Morgan fingerprint density at radius 1 is 1.55 bits per heavy atom. The van der Waals surface area contributed by atoms with E-state index in [-0.39, 0.29) is 0 Å². The summed E-state index contributed by atoms with van der Waals surface area (Å²) in [6, 6.07) is 4.80. The van der Waals surface area contributed by atoms with Crippen LogP contribution in [0.2, 0.25) is 5.02 Å². The third-order valence-electron chi connectivity index (χ3n) is 1.34. The molecule has 1 aromatic carbocycles. The zero-order valence-corrected chi connectivity index (χ0v) is 6.53. The van der Waals surface area contributed by atoms with Crippen molar-refractivity contribution in [1.82, 2.24) is 0 Å². The van der Waals surface area contributed by atoms with E-state index in [1.54, 1.807) is 12.1 Å². The van der Waals surface area contributed by atoms with Gasteiger partial charge in [-0.1, -0.05) is 17.7 Å². The lowest BCUT2D eigenvalue weighted by Crippen LogP contribution is -2.07. The molecular weight excluding hydrogens is 167 g/mol. The molecule has 0 fully saturated rings. The molecule has 0 atom stereocenters. The molecule has 4 heteroatoms. The summed E-state index contributed by atoms with van der Waals surface area (Å²) >= 11 is 5.70. The number of hydrazine groups is 1. The zero-order valence-electron chi connectivity index (χ0n) is 5.77. The van der Waals surface area contributed by atoms with E-state index in [2.05, 4.69) is 5.43 Å². The molecule has 0 amide bonds. The van der Waals surface area contributed by atoms with Crippen molar-refractivity contribution in [3.8, 4) is 0 Å². The van der Waals surface area contributed by atoms with Crippen molar-refractivity contribution in [3.63, 3.8) is 0 Å². The van der Waals surface area contributed by atoms with Gasteiger partial charge in [-0.2, -0.15) is 0 Å². The second-order valence-electron chi connectivity index (χ2n) is 2.09. The van der Waals surface area contributed by atoms with E-state index in [1.807, 2.05) is 0 Å². The molecular formula is C7H8ClFN2. The second-order valence-corrected chi connectivity index (χ2v) is 2.50. The number of hydrogen-bond acceptors (Lipinski definition) is 2. The number of nitrogens with two attached hydrogens (primary N) is 1. The molecule has 0 bridgehead atoms. The van der Waals surface area contributed by atoms with Gasteiger partial charge in [0.05, 0.1) is 10.7 Å². The molecule has 11 heavy (non-hydrogen) atoms. The summed E-state index contributed by atoms with van der Waals surface area (Å²) in [6.07, 6.45) is 0. The normalized spacial score (nSPS) is 9.73. The smallest absolute Gasteiger partial charge is 0.115 e. The molecule has 2 nitrogen and oxygen atoms in total. The topological polar surface area (TPSA) is 38.0 Å². The van der Waals surface area contributed by atoms with E-state index in [1.165, 1.54) is 6.07 Å². The van der Waals surface area contributed by atoms with Gasteiger partial charge in [0, 0.05) is 0 Å². The zero-order chi connectivity index (χ0) is 8.27. The summed E-state index contributed by atoms with van der Waals surface area (Å²) in [5.74, 6) is 5.11. The van der Waals surface area contributed by atoms with Crippen LogP contribution >= 0.6 is 11.6 Å². The molecule has 0 aliphatic rings. The highest BCUT2D eigenvalue weighted by Crippen LogP contribution is 2.22. The van der Waals surface area contributed by atoms with E-state index >= 15 is 0 Å². The van der Waals surface area contributed by atoms with Gasteiger partial charge in [0.25, 0.3) is 0 Å². The number of halogens is 2. The van der Waals surface area contributed by atoms with Crippen molar-refractivity contribution < 1.29 is 4.39 Å². The monoisotopic (exact) mass is 174 g/mol. The Hall–Kier alpha value is -0.800. The van der Waals surface area contributed by atoms with Gasteiger partial charge in [0.1, 0.15) is 6.67 Å². The minimum Gasteiger partial charge on any atom is -0.323 e. The Kier molecular flexibility index (Phi) is 2.68. The van der Waals surface area contributed by atoms with E-state index in [0.717, 1.165) is 0 Å². The molecule has 0 saturated heterocycles. The van der Waals surface area contributed by atoms with Gasteiger partial charge in [0.2, 0.25) is 0 Å². The maximum atomic E-state index is 12.0. The van der Waals surface area contributed by atoms with Crippen LogP contribution in [0.3, 0.4) is 0 Å². The largest absolute Gasteiger partial charge is 0.323 e. The third-order valence-corrected chi connectivity index (χ3v) is 1.66. The van der Waals surface area contributed by atoms with Crippen molar-refractivity contribution in [1.29, 1.82) is 0 Å². The molecule has 3 N–H and O–H groups in total. The average Bonchev–Trinajstić information content (AvgIpc) is 2.04. The molecule has 0 saturated carbocycles. The minimum atomic E-state index is -0.509. The predicted molar refractivity (Wildman–Crippen MR) is 44.1 cm³/mol. The summed E-state index contributed by atoms with van der Waals surface area (Å²) in [5, 5.41) is 0.433. The lowest BCUT2D eigenvalue weighted by atomic mass is 10.2. The first-order valence-corrected chi connectivity index (χ1v) is 3.46.